The molecule has 0 radical (unpaired) electrons. The van der Waals surface area contributed by atoms with Crippen molar-refractivity contribution in [1.82, 2.24) is 14.5 Å². The van der Waals surface area contributed by atoms with E-state index in [4.69, 9.17) is 9.15 Å². The van der Waals surface area contributed by atoms with Crippen LogP contribution >= 0.6 is 0 Å². The van der Waals surface area contributed by atoms with Crippen LogP contribution in [-0.2, 0) is 27.7 Å². The molecule has 1 atom stereocenters. The Kier molecular flexibility index (Phi) is 9.59. The number of piperazine rings is 1. The molecule has 2 amide bonds. The van der Waals surface area contributed by atoms with Gasteiger partial charge in [0, 0.05) is 68.5 Å². The second-order valence-corrected chi connectivity index (χ2v) is 17.6. The number of carbonyl (C=O) groups excluding carboxylic acids is 2. The summed E-state index contributed by atoms with van der Waals surface area (Å²) in [5, 5.41) is 0.870. The quantitative estimate of drug-likeness (QED) is 0.334. The highest BCUT2D eigenvalue weighted by Gasteiger charge is 2.51. The molecule has 0 bridgehead atoms. The molecule has 3 fully saturated rings. The molecule has 1 aromatic heterocycles. The Hall–Kier alpha value is -4.08. The number of rotatable bonds is 8. The van der Waals surface area contributed by atoms with Crippen LogP contribution in [0.2, 0.25) is 0 Å². The van der Waals surface area contributed by atoms with E-state index >= 15 is 0 Å². The minimum atomic E-state index is -4.01. The largest absolute Gasteiger partial charge is 0.422 e. The molecule has 1 aliphatic carbocycles. The highest BCUT2D eigenvalue weighted by Crippen LogP contribution is 2.43. The molecule has 0 unspecified atom stereocenters. The van der Waals surface area contributed by atoms with Crippen LogP contribution in [0.15, 0.2) is 33.5 Å². The number of hydrogen-bond donors (Lipinski definition) is 1. The summed E-state index contributed by atoms with van der Waals surface area (Å²) >= 11 is 0. The molecule has 1 N–H and O–H groups in total. The van der Waals surface area contributed by atoms with E-state index < -0.39 is 44.7 Å². The molecule has 3 aliphatic heterocycles. The lowest BCUT2D eigenvalue weighted by Crippen LogP contribution is -2.53. The molecule has 3 aromatic rings. The third-order valence-corrected chi connectivity index (χ3v) is 13.8. The Labute approximate surface area is 308 Å². The van der Waals surface area contributed by atoms with Crippen molar-refractivity contribution in [1.29, 1.82) is 0 Å². The predicted molar refractivity (Wildman–Crippen MR) is 198 cm³/mol. The Morgan fingerprint density at radius 2 is 1.77 bits per heavy atom. The first-order chi connectivity index (χ1) is 25.0. The molecular weight excluding hydrogens is 709 g/mol. The number of sulfonamides is 1. The first-order valence-electron chi connectivity index (χ1n) is 18.2. The number of nitrogens with zero attached hydrogens (tertiary/aromatic N) is 4. The second kappa shape index (κ2) is 13.6. The monoisotopic (exact) mass is 755 g/mol. The lowest BCUT2D eigenvalue weighted by Gasteiger charge is -2.41. The van der Waals surface area contributed by atoms with E-state index in [-0.39, 0.29) is 55.3 Å². The summed E-state index contributed by atoms with van der Waals surface area (Å²) in [7, 11) is -0.216. The van der Waals surface area contributed by atoms with Gasteiger partial charge in [-0.25, -0.2) is 26.7 Å². The van der Waals surface area contributed by atoms with Crippen LogP contribution in [0.3, 0.4) is 0 Å². The van der Waals surface area contributed by atoms with E-state index in [0.29, 0.717) is 37.0 Å². The topological polar surface area (TPSA) is 133 Å². The highest BCUT2D eigenvalue weighted by molar-refractivity contribution is 7.91. The zero-order valence-electron chi connectivity index (χ0n) is 30.9. The number of ether oxygens (including phenoxy) is 1. The van der Waals surface area contributed by atoms with Gasteiger partial charge < -0.3 is 23.9 Å². The molecule has 1 saturated carbocycles. The lowest BCUT2D eigenvalue weighted by molar-refractivity contribution is -0.0117. The SMILES string of the molecule is COC[C@H]1CN(c2cc(C)c3c4c(c(=O)oc3c2C)CN(C(=O)c2ccc(C(=O)NS(=O)(=O)C3(C)CC3)c(N3CCCC(F)(F)C3)c2)CC4)CCN1C. The molecule has 2 aromatic carbocycles. The van der Waals surface area contributed by atoms with Gasteiger partial charge in [-0.15, -0.1) is 0 Å². The molecule has 0 spiro atoms. The lowest BCUT2D eigenvalue weighted by atomic mass is 9.92. The maximum absolute atomic E-state index is 14.6. The molecular formula is C38H47F2N5O7S. The average molecular weight is 756 g/mol. The van der Waals surface area contributed by atoms with E-state index in [0.717, 1.165) is 47.4 Å². The van der Waals surface area contributed by atoms with Crippen LogP contribution in [0.1, 0.15) is 75.6 Å². The van der Waals surface area contributed by atoms with Crippen LogP contribution in [-0.4, -0.2) is 107 Å². The van der Waals surface area contributed by atoms with Gasteiger partial charge in [0.05, 0.1) is 47.3 Å². The van der Waals surface area contributed by atoms with Gasteiger partial charge in [-0.05, 0) is 88.9 Å². The maximum Gasteiger partial charge on any atom is 0.341 e. The third-order valence-electron chi connectivity index (χ3n) is 11.6. The van der Waals surface area contributed by atoms with Gasteiger partial charge in [-0.3, -0.25) is 14.5 Å². The third kappa shape index (κ3) is 6.91. The minimum absolute atomic E-state index is 0.0139. The van der Waals surface area contributed by atoms with Crippen molar-refractivity contribution < 1.29 is 35.9 Å². The molecule has 286 valence electrons. The summed E-state index contributed by atoms with van der Waals surface area (Å²) in [6, 6.07) is 6.46. The van der Waals surface area contributed by atoms with Gasteiger partial charge in [0.25, 0.3) is 17.7 Å². The number of halogens is 2. The van der Waals surface area contributed by atoms with Gasteiger partial charge in [-0.2, -0.15) is 0 Å². The van der Waals surface area contributed by atoms with Crippen molar-refractivity contribution in [2.24, 2.45) is 0 Å². The summed E-state index contributed by atoms with van der Waals surface area (Å²) in [4.78, 5) is 48.5. The van der Waals surface area contributed by atoms with Crippen LogP contribution < -0.4 is 20.1 Å². The summed E-state index contributed by atoms with van der Waals surface area (Å²) in [6.07, 6.45) is 1.06. The van der Waals surface area contributed by atoms with Crippen LogP contribution in [0.5, 0.6) is 0 Å². The van der Waals surface area contributed by atoms with Crippen molar-refractivity contribution in [2.45, 2.75) is 76.1 Å². The Morgan fingerprint density at radius 3 is 2.47 bits per heavy atom. The summed E-state index contributed by atoms with van der Waals surface area (Å²) in [5.74, 6) is -4.41. The smallest absolute Gasteiger partial charge is 0.341 e. The van der Waals surface area contributed by atoms with Crippen LogP contribution in [0, 0.1) is 13.8 Å². The van der Waals surface area contributed by atoms with Crippen molar-refractivity contribution in [2.75, 3.05) is 69.8 Å². The predicted octanol–water partition coefficient (Wildman–Crippen LogP) is 4.22. The van der Waals surface area contributed by atoms with Crippen molar-refractivity contribution in [3.05, 3.63) is 68.1 Å². The first-order valence-corrected chi connectivity index (χ1v) is 19.7. The van der Waals surface area contributed by atoms with Crippen LogP contribution in [0.4, 0.5) is 20.2 Å². The van der Waals surface area contributed by atoms with Crippen molar-refractivity contribution in [3.63, 3.8) is 0 Å². The fourth-order valence-electron chi connectivity index (χ4n) is 8.01. The van der Waals surface area contributed by atoms with Gasteiger partial charge in [0.1, 0.15) is 5.58 Å². The van der Waals surface area contributed by atoms with Gasteiger partial charge in [0.2, 0.25) is 10.0 Å². The fraction of sp³-hybridized carbons (Fsp3) is 0.553. The first kappa shape index (κ1) is 37.2. The average Bonchev–Trinajstić information content (AvgIpc) is 3.88. The molecule has 15 heteroatoms. The molecule has 53 heavy (non-hydrogen) atoms. The number of piperidine rings is 1. The van der Waals surface area contributed by atoms with Crippen LogP contribution in [0.25, 0.3) is 11.0 Å². The Balaban J connectivity index is 1.18. The molecule has 12 nitrogen and oxygen atoms in total. The van der Waals surface area contributed by atoms with E-state index in [1.807, 2.05) is 13.8 Å². The number of amides is 2. The summed E-state index contributed by atoms with van der Waals surface area (Å²) in [6.45, 7) is 8.38. The van der Waals surface area contributed by atoms with Gasteiger partial charge in [-0.1, -0.05) is 0 Å². The number of likely N-dealkylation sites (N-methyl/N-ethyl adjacent to an activating group) is 1. The van der Waals surface area contributed by atoms with E-state index in [1.54, 1.807) is 14.0 Å². The highest BCUT2D eigenvalue weighted by atomic mass is 32.2. The van der Waals surface area contributed by atoms with E-state index in [9.17, 15) is 31.6 Å². The molecule has 4 aliphatic rings. The maximum atomic E-state index is 14.6. The zero-order valence-corrected chi connectivity index (χ0v) is 31.7. The van der Waals surface area contributed by atoms with Gasteiger partial charge in [0.15, 0.2) is 0 Å². The normalized spacial score (nSPS) is 21.4. The summed E-state index contributed by atoms with van der Waals surface area (Å²) < 4.78 is 67.6. The zero-order chi connectivity index (χ0) is 38.0. The van der Waals surface area contributed by atoms with Crippen molar-refractivity contribution >= 4 is 44.2 Å². The Bertz CT molecular complexity index is 2150. The fourth-order valence-corrected chi connectivity index (χ4v) is 9.25. The van der Waals surface area contributed by atoms with E-state index in [2.05, 4.69) is 27.6 Å². The number of aryl methyl sites for hydroxylation is 2. The second-order valence-electron chi connectivity index (χ2n) is 15.4. The molecule has 2 saturated heterocycles. The number of carbonyl (C=O) groups is 2. The number of benzene rings is 2. The Morgan fingerprint density at radius 1 is 1.02 bits per heavy atom. The number of anilines is 2. The molecule has 7 rings (SSSR count). The minimum Gasteiger partial charge on any atom is -0.422 e. The molecule has 4 heterocycles. The van der Waals surface area contributed by atoms with E-state index in [1.165, 1.54) is 28.0 Å². The summed E-state index contributed by atoms with van der Waals surface area (Å²) in [5.41, 5.74) is 4.19. The number of nitrogens with one attached hydrogen (secondary N) is 1. The van der Waals surface area contributed by atoms with Gasteiger partial charge >= 0.3 is 5.63 Å². The number of hydrogen-bond acceptors (Lipinski definition) is 10. The standard InChI is InChI=1S/C38H47F2N5O7S/c1-23-17-30(43-16-15-42(4)26(19-43)21-51-5)24(2)33-32(23)27-9-14-44(20-29(27)36(48)52-33)35(47)25-7-8-28(34(46)41-53(49,50)37(3)11-12-37)31(18-25)45-13-6-10-38(39,40)22-45/h7-8,17-18,26H,6,9-16,19-22H2,1-5H3,(H,41,46)/t26-/m1/s1. The van der Waals surface area contributed by atoms with Crippen molar-refractivity contribution in [3.8, 4) is 0 Å². The number of methoxy groups -OCH3 is 1. The number of alkyl halides is 2. The number of fused-ring (bicyclic) bond motifs is 3.